The first kappa shape index (κ1) is 17.4. The van der Waals surface area contributed by atoms with E-state index in [4.69, 9.17) is 9.47 Å². The number of nitriles is 1. The Balaban J connectivity index is 2.67. The summed E-state index contributed by atoms with van der Waals surface area (Å²) in [5.41, 5.74) is 0.264. The fourth-order valence-electron chi connectivity index (χ4n) is 2.64. The first-order valence-corrected chi connectivity index (χ1v) is 7.15. The van der Waals surface area contributed by atoms with Gasteiger partial charge in [-0.05, 0) is 19.1 Å². The maximum atomic E-state index is 11.1. The van der Waals surface area contributed by atoms with E-state index < -0.39 is 10.5 Å². The van der Waals surface area contributed by atoms with Gasteiger partial charge < -0.3 is 9.47 Å². The molecular weight excluding hydrogens is 312 g/mol. The molecule has 8 heteroatoms. The van der Waals surface area contributed by atoms with Crippen molar-refractivity contribution in [2.75, 3.05) is 27.8 Å². The summed E-state index contributed by atoms with van der Waals surface area (Å²) >= 11 is 0. The first-order chi connectivity index (χ1) is 11.3. The van der Waals surface area contributed by atoms with E-state index in [2.05, 4.69) is 4.99 Å². The molecule has 0 aromatic heterocycles. The maximum Gasteiger partial charge on any atom is 0.270 e. The Bertz CT molecular complexity index is 766. The lowest BCUT2D eigenvalue weighted by molar-refractivity contribution is -0.384. The summed E-state index contributed by atoms with van der Waals surface area (Å²) in [6.07, 6.45) is 3.77. The Morgan fingerprint density at radius 3 is 2.83 bits per heavy atom. The van der Waals surface area contributed by atoms with E-state index in [1.54, 1.807) is 33.3 Å². The number of non-ortho nitro benzene ring substituents is 1. The Kier molecular flexibility index (Phi) is 4.85. The molecule has 0 amide bonds. The van der Waals surface area contributed by atoms with Crippen LogP contribution in [0.5, 0.6) is 5.75 Å². The van der Waals surface area contributed by atoms with Crippen molar-refractivity contribution in [3.63, 3.8) is 0 Å². The van der Waals surface area contributed by atoms with Crippen molar-refractivity contribution in [1.29, 1.82) is 5.26 Å². The van der Waals surface area contributed by atoms with E-state index in [0.29, 0.717) is 22.7 Å². The number of ether oxygens (including phenoxy) is 2. The number of methoxy groups -OCH3 is 1. The molecule has 0 saturated carbocycles. The van der Waals surface area contributed by atoms with E-state index in [1.165, 1.54) is 17.0 Å². The lowest BCUT2D eigenvalue weighted by Crippen LogP contribution is -2.39. The predicted molar refractivity (Wildman–Crippen MR) is 88.7 cm³/mol. The van der Waals surface area contributed by atoms with Crippen LogP contribution >= 0.6 is 0 Å². The van der Waals surface area contributed by atoms with E-state index in [-0.39, 0.29) is 12.3 Å². The van der Waals surface area contributed by atoms with E-state index in [0.717, 1.165) is 0 Å². The van der Waals surface area contributed by atoms with Crippen LogP contribution in [-0.2, 0) is 4.74 Å². The summed E-state index contributed by atoms with van der Waals surface area (Å²) in [7, 11) is 4.69. The number of likely N-dealkylation sites (N-methyl/N-ethyl adjacent to an activating group) is 1. The van der Waals surface area contributed by atoms with Gasteiger partial charge in [0.1, 0.15) is 17.2 Å². The Morgan fingerprint density at radius 1 is 1.58 bits per heavy atom. The molecule has 0 spiro atoms. The van der Waals surface area contributed by atoms with Crippen LogP contribution in [-0.4, -0.2) is 49.1 Å². The summed E-state index contributed by atoms with van der Waals surface area (Å²) in [5, 5.41) is 20.3. The van der Waals surface area contributed by atoms with Gasteiger partial charge >= 0.3 is 0 Å². The quantitative estimate of drug-likeness (QED) is 0.209. The monoisotopic (exact) mass is 330 g/mol. The van der Waals surface area contributed by atoms with E-state index in [9.17, 15) is 15.4 Å². The predicted octanol–water partition coefficient (Wildman–Crippen LogP) is 2.22. The van der Waals surface area contributed by atoms with Crippen LogP contribution in [0.2, 0.25) is 0 Å². The number of nitro groups is 1. The van der Waals surface area contributed by atoms with Gasteiger partial charge in [-0.15, -0.1) is 0 Å². The molecular formula is C16H18N4O4. The molecule has 1 aromatic rings. The summed E-state index contributed by atoms with van der Waals surface area (Å²) < 4.78 is 11.2. The van der Waals surface area contributed by atoms with Crippen molar-refractivity contribution in [2.45, 2.75) is 12.5 Å². The van der Waals surface area contributed by atoms with Crippen molar-refractivity contribution >= 4 is 17.1 Å². The second kappa shape index (κ2) is 6.68. The second-order valence-electron chi connectivity index (χ2n) is 5.55. The van der Waals surface area contributed by atoms with Gasteiger partial charge in [-0.3, -0.25) is 20.0 Å². The van der Waals surface area contributed by atoms with Gasteiger partial charge in [-0.2, -0.15) is 5.26 Å². The molecule has 0 N–H and O–H groups in total. The van der Waals surface area contributed by atoms with Crippen LogP contribution in [0.4, 0.5) is 5.69 Å². The number of hydrogen-bond acceptors (Lipinski definition) is 6. The minimum Gasteiger partial charge on any atom is -0.480 e. The topological polar surface area (TPSA) is 101 Å². The van der Waals surface area contributed by atoms with E-state index in [1.807, 2.05) is 13.1 Å². The van der Waals surface area contributed by atoms with Crippen LogP contribution in [0.1, 0.15) is 12.5 Å². The third kappa shape index (κ3) is 3.21. The van der Waals surface area contributed by atoms with Crippen LogP contribution in [0.3, 0.4) is 0 Å². The third-order valence-electron chi connectivity index (χ3n) is 3.61. The van der Waals surface area contributed by atoms with Gasteiger partial charge in [0.2, 0.25) is 0 Å². The lowest BCUT2D eigenvalue weighted by Gasteiger charge is -2.34. The molecule has 1 aliphatic rings. The van der Waals surface area contributed by atoms with Gasteiger partial charge in [0, 0.05) is 44.5 Å². The number of rotatable bonds is 4. The largest absolute Gasteiger partial charge is 0.480 e. The Morgan fingerprint density at radius 2 is 2.29 bits per heavy atom. The normalized spacial score (nSPS) is 19.6. The zero-order chi connectivity index (χ0) is 17.9. The molecule has 0 radical (unpaired) electrons. The molecule has 24 heavy (non-hydrogen) atoms. The second-order valence-corrected chi connectivity index (χ2v) is 5.55. The minimum atomic E-state index is -0.778. The highest BCUT2D eigenvalue weighted by atomic mass is 16.6. The molecule has 1 aliphatic heterocycles. The highest BCUT2D eigenvalue weighted by molar-refractivity contribution is 6.24. The van der Waals surface area contributed by atoms with E-state index >= 15 is 0 Å². The van der Waals surface area contributed by atoms with Gasteiger partial charge in [0.25, 0.3) is 5.69 Å². The van der Waals surface area contributed by atoms with Crippen molar-refractivity contribution < 1.29 is 14.4 Å². The summed E-state index contributed by atoms with van der Waals surface area (Å²) in [6, 6.07) is 4.35. The summed E-state index contributed by atoms with van der Waals surface area (Å²) in [5.74, 6) is 0.870. The molecule has 0 saturated heterocycles. The van der Waals surface area contributed by atoms with Gasteiger partial charge in [-0.1, -0.05) is 0 Å². The molecule has 8 nitrogen and oxygen atoms in total. The molecule has 1 aromatic carbocycles. The van der Waals surface area contributed by atoms with Crippen molar-refractivity contribution in [2.24, 2.45) is 4.99 Å². The third-order valence-corrected chi connectivity index (χ3v) is 3.61. The number of aliphatic imine (C=N–C) groups is 1. The zero-order valence-electron chi connectivity index (χ0n) is 13.9. The number of nitrogens with zero attached hydrogens (tertiary/aromatic N) is 4. The van der Waals surface area contributed by atoms with Crippen LogP contribution in [0, 0.1) is 21.6 Å². The maximum absolute atomic E-state index is 11.1. The smallest absolute Gasteiger partial charge is 0.270 e. The molecule has 0 bridgehead atoms. The van der Waals surface area contributed by atoms with Crippen molar-refractivity contribution in [3.05, 3.63) is 40.0 Å². The number of fused-ring (bicyclic) bond motifs is 1. The number of amidine groups is 1. The fraction of sp³-hybridized carbons (Fsp3) is 0.375. The highest BCUT2D eigenvalue weighted by Crippen LogP contribution is 2.39. The lowest BCUT2D eigenvalue weighted by atomic mass is 9.92. The molecule has 0 fully saturated rings. The number of benzene rings is 1. The molecule has 1 unspecified atom stereocenters. The average Bonchev–Trinajstić information content (AvgIpc) is 2.54. The average molecular weight is 330 g/mol. The Labute approximate surface area is 139 Å². The molecule has 1 heterocycles. The van der Waals surface area contributed by atoms with Gasteiger partial charge in [-0.25, -0.2) is 0 Å². The zero-order valence-corrected chi connectivity index (χ0v) is 13.9. The summed E-state index contributed by atoms with van der Waals surface area (Å²) in [4.78, 5) is 16.1. The SMILES string of the molecule is CN=C(C1=CC(C)(COC)Oc2ccc([N+](=O)[O-])cc21)N(C)C#N. The fourth-order valence-corrected chi connectivity index (χ4v) is 2.64. The number of nitro benzene ring substituents is 1. The van der Waals surface area contributed by atoms with Crippen LogP contribution in [0.15, 0.2) is 29.3 Å². The Hall–Kier alpha value is -2.92. The first-order valence-electron chi connectivity index (χ1n) is 7.15. The number of hydrogen-bond donors (Lipinski definition) is 0. The van der Waals surface area contributed by atoms with Crippen molar-refractivity contribution in [3.8, 4) is 11.9 Å². The standard InChI is InChI=1S/C16H18N4O4/c1-16(9-23-4)8-13(15(18-2)19(3)10-17)12-7-11(20(21)22)5-6-14(12)24-16/h5-8H,9H2,1-4H3. The molecule has 1 atom stereocenters. The van der Waals surface area contributed by atoms with Gasteiger partial charge in [0.05, 0.1) is 11.5 Å². The minimum absolute atomic E-state index is 0.0614. The van der Waals surface area contributed by atoms with Gasteiger partial charge in [0.15, 0.2) is 6.19 Å². The van der Waals surface area contributed by atoms with Crippen LogP contribution < -0.4 is 4.74 Å². The molecule has 0 aliphatic carbocycles. The van der Waals surface area contributed by atoms with Crippen LogP contribution in [0.25, 0.3) is 5.57 Å². The highest BCUT2D eigenvalue weighted by Gasteiger charge is 2.34. The molecule has 2 rings (SSSR count). The summed E-state index contributed by atoms with van der Waals surface area (Å²) in [6.45, 7) is 2.11. The molecule has 126 valence electrons. The van der Waals surface area contributed by atoms with Crippen molar-refractivity contribution in [1.82, 2.24) is 4.90 Å².